The number of nitrogens with zero attached hydrogens (tertiary/aromatic N) is 1. The van der Waals surface area contributed by atoms with Gasteiger partial charge >= 0.3 is 0 Å². The van der Waals surface area contributed by atoms with E-state index in [0.717, 1.165) is 0 Å². The van der Waals surface area contributed by atoms with Crippen molar-refractivity contribution < 1.29 is 49.1 Å². The zero-order valence-corrected chi connectivity index (χ0v) is 22.5. The van der Waals surface area contributed by atoms with Gasteiger partial charge < -0.3 is 45.2 Å². The van der Waals surface area contributed by atoms with Crippen molar-refractivity contribution in [1.82, 2.24) is 0 Å². The lowest BCUT2D eigenvalue weighted by Gasteiger charge is -2.42. The number of oxime groups is 1. The molecule has 0 amide bonds. The highest BCUT2D eigenvalue weighted by molar-refractivity contribution is 6.31. The minimum Gasteiger partial charge on any atom is -0.507 e. The summed E-state index contributed by atoms with van der Waals surface area (Å²) in [5.74, 6) is -2.36. The van der Waals surface area contributed by atoms with Crippen LogP contribution in [0.2, 0.25) is 0 Å². The molecule has 2 aliphatic carbocycles. The second kappa shape index (κ2) is 10.1. The molecule has 1 heterocycles. The number of carbonyl (C=O) groups excluding carboxylic acids is 2. The number of aromatic hydroxyl groups is 2. The summed E-state index contributed by atoms with van der Waals surface area (Å²) in [6.45, 7) is 3.17. The summed E-state index contributed by atoms with van der Waals surface area (Å²) < 4.78 is 17.3. The summed E-state index contributed by atoms with van der Waals surface area (Å²) in [6.07, 6.45) is -4.02. The fourth-order valence-corrected chi connectivity index (χ4v) is 5.89. The first-order valence-electron chi connectivity index (χ1n) is 12.9. The Kier molecular flexibility index (Phi) is 7.09. The number of nitrogens with two attached hydrogens (primary N) is 1. The van der Waals surface area contributed by atoms with E-state index in [0.29, 0.717) is 0 Å². The highest BCUT2D eigenvalue weighted by atomic mass is 16.7. The molecule has 1 saturated heterocycles. The molecule has 6 unspecified atom stereocenters. The first-order valence-corrected chi connectivity index (χ1v) is 12.9. The first-order chi connectivity index (χ1) is 18.9. The Balaban J connectivity index is 1.69. The first kappa shape index (κ1) is 28.0. The van der Waals surface area contributed by atoms with Gasteiger partial charge in [-0.3, -0.25) is 9.59 Å². The Hall–Kier alpha value is -3.55. The number of aliphatic hydroxyl groups excluding tert-OH is 1. The largest absolute Gasteiger partial charge is 0.507 e. The molecule has 5 rings (SSSR count). The zero-order chi connectivity index (χ0) is 29.1. The van der Waals surface area contributed by atoms with E-state index >= 15 is 0 Å². The van der Waals surface area contributed by atoms with Crippen LogP contribution in [0.1, 0.15) is 75.8 Å². The third kappa shape index (κ3) is 4.23. The molecule has 0 radical (unpaired) electrons. The third-order valence-electron chi connectivity index (χ3n) is 8.04. The molecule has 0 saturated carbocycles. The van der Waals surface area contributed by atoms with E-state index in [1.165, 1.54) is 33.3 Å². The van der Waals surface area contributed by atoms with Gasteiger partial charge in [0.05, 0.1) is 47.8 Å². The number of hydrogen-bond donors (Lipinski definition) is 5. The summed E-state index contributed by atoms with van der Waals surface area (Å²) in [6, 6.07) is 3.84. The molecule has 1 fully saturated rings. The number of ketones is 2. The van der Waals surface area contributed by atoms with E-state index in [9.17, 15) is 30.0 Å². The van der Waals surface area contributed by atoms with Crippen LogP contribution in [0.25, 0.3) is 0 Å². The molecule has 2 aromatic rings. The second-order valence-electron chi connectivity index (χ2n) is 10.4. The second-order valence-corrected chi connectivity index (χ2v) is 10.4. The van der Waals surface area contributed by atoms with Crippen LogP contribution in [0.4, 0.5) is 0 Å². The van der Waals surface area contributed by atoms with Gasteiger partial charge in [-0.1, -0.05) is 17.3 Å². The number of rotatable bonds is 5. The molecule has 40 heavy (non-hydrogen) atoms. The molecular weight excluding hydrogens is 524 g/mol. The van der Waals surface area contributed by atoms with Crippen LogP contribution < -0.4 is 10.5 Å². The molecule has 6 N–H and O–H groups in total. The van der Waals surface area contributed by atoms with Crippen LogP contribution in [-0.4, -0.2) is 82.1 Å². The highest BCUT2D eigenvalue weighted by Gasteiger charge is 2.49. The van der Waals surface area contributed by atoms with Crippen molar-refractivity contribution in [3.05, 3.63) is 51.6 Å². The zero-order valence-electron chi connectivity index (χ0n) is 22.5. The van der Waals surface area contributed by atoms with Crippen LogP contribution >= 0.6 is 0 Å². The number of benzene rings is 2. The van der Waals surface area contributed by atoms with Gasteiger partial charge in [-0.25, -0.2) is 0 Å². The smallest absolute Gasteiger partial charge is 0.202 e. The minimum absolute atomic E-state index is 0.0136. The van der Waals surface area contributed by atoms with Gasteiger partial charge in [0.1, 0.15) is 30.0 Å². The lowest BCUT2D eigenvalue weighted by Crippen LogP contribution is -2.52. The van der Waals surface area contributed by atoms with E-state index in [4.69, 9.17) is 24.8 Å². The van der Waals surface area contributed by atoms with Gasteiger partial charge in [-0.15, -0.1) is 0 Å². The van der Waals surface area contributed by atoms with Crippen LogP contribution in [0.5, 0.6) is 17.2 Å². The van der Waals surface area contributed by atoms with E-state index < -0.39 is 59.3 Å². The van der Waals surface area contributed by atoms with Gasteiger partial charge in [-0.05, 0) is 19.9 Å². The number of hydrogen-bond acceptors (Lipinski definition) is 12. The number of aliphatic hydroxyl groups is 2. The van der Waals surface area contributed by atoms with Crippen LogP contribution in [-0.2, 0) is 20.7 Å². The van der Waals surface area contributed by atoms with Crippen LogP contribution in [0.15, 0.2) is 23.4 Å². The van der Waals surface area contributed by atoms with Crippen molar-refractivity contribution in [2.45, 2.75) is 69.4 Å². The summed E-state index contributed by atoms with van der Waals surface area (Å²) in [7, 11) is 2.67. The quantitative estimate of drug-likeness (QED) is 0.174. The highest BCUT2D eigenvalue weighted by Crippen LogP contribution is 2.52. The number of methoxy groups -OCH3 is 1. The lowest BCUT2D eigenvalue weighted by molar-refractivity contribution is -0.245. The van der Waals surface area contributed by atoms with E-state index in [1.54, 1.807) is 13.0 Å². The predicted octanol–water partition coefficient (Wildman–Crippen LogP) is 1.46. The number of phenolic OH excluding ortho intramolecular Hbond substituents is 2. The van der Waals surface area contributed by atoms with Gasteiger partial charge in [0.2, 0.25) is 5.78 Å². The molecule has 0 spiro atoms. The summed E-state index contributed by atoms with van der Waals surface area (Å²) in [5, 5.41) is 48.8. The predicted molar refractivity (Wildman–Crippen MR) is 140 cm³/mol. The van der Waals surface area contributed by atoms with Crippen LogP contribution in [0.3, 0.4) is 0 Å². The fraction of sp³-hybridized carbons (Fsp3) is 0.464. The van der Waals surface area contributed by atoms with Gasteiger partial charge in [0, 0.05) is 42.0 Å². The average molecular weight is 557 g/mol. The molecule has 12 heteroatoms. The Labute approximate surface area is 229 Å². The summed E-state index contributed by atoms with van der Waals surface area (Å²) in [4.78, 5) is 32.2. The maximum absolute atomic E-state index is 13.7. The normalized spacial score (nSPS) is 29.9. The van der Waals surface area contributed by atoms with Crippen molar-refractivity contribution in [1.29, 1.82) is 0 Å². The summed E-state index contributed by atoms with van der Waals surface area (Å²) >= 11 is 0. The molecule has 2 aromatic carbocycles. The average Bonchev–Trinajstić information content (AvgIpc) is 2.91. The summed E-state index contributed by atoms with van der Waals surface area (Å²) in [5.41, 5.74) is 3.77. The Morgan fingerprint density at radius 1 is 1.12 bits per heavy atom. The van der Waals surface area contributed by atoms with Crippen molar-refractivity contribution in [3.8, 4) is 17.2 Å². The lowest BCUT2D eigenvalue weighted by atomic mass is 9.72. The SMILES string of the molecule is CO/N=C(/C)C1(O)Cc2c(O)c3c(c(O)c2C(OC2CC(N)C(O)C(C)O2)C1)C(=O)c1c(OC)cccc1C3=O. The minimum atomic E-state index is -1.73. The number of carbonyl (C=O) groups is 2. The maximum atomic E-state index is 13.7. The van der Waals surface area contributed by atoms with Crippen LogP contribution in [0, 0.1) is 0 Å². The Bertz CT molecular complexity index is 1410. The maximum Gasteiger partial charge on any atom is 0.202 e. The molecular formula is C28H32N2O10. The van der Waals surface area contributed by atoms with Crippen molar-refractivity contribution in [2.75, 3.05) is 14.2 Å². The van der Waals surface area contributed by atoms with Crippen molar-refractivity contribution in [2.24, 2.45) is 10.9 Å². The fourth-order valence-electron chi connectivity index (χ4n) is 5.89. The third-order valence-corrected chi connectivity index (χ3v) is 8.04. The van der Waals surface area contributed by atoms with Gasteiger partial charge in [-0.2, -0.15) is 0 Å². The van der Waals surface area contributed by atoms with Crippen molar-refractivity contribution >= 4 is 17.3 Å². The molecule has 3 aliphatic rings. The number of phenols is 2. The number of fused-ring (bicyclic) bond motifs is 3. The Morgan fingerprint density at radius 3 is 2.48 bits per heavy atom. The molecule has 12 nitrogen and oxygen atoms in total. The molecule has 0 aromatic heterocycles. The van der Waals surface area contributed by atoms with E-state index in [2.05, 4.69) is 5.16 Å². The monoisotopic (exact) mass is 556 g/mol. The van der Waals surface area contributed by atoms with Gasteiger partial charge in [0.25, 0.3) is 0 Å². The van der Waals surface area contributed by atoms with Gasteiger partial charge in [0.15, 0.2) is 12.1 Å². The topological polar surface area (TPSA) is 190 Å². The molecule has 0 bridgehead atoms. The Morgan fingerprint density at radius 2 is 1.82 bits per heavy atom. The van der Waals surface area contributed by atoms with E-state index in [-0.39, 0.29) is 64.1 Å². The molecule has 214 valence electrons. The van der Waals surface area contributed by atoms with Crippen molar-refractivity contribution in [3.63, 3.8) is 0 Å². The molecule has 1 aliphatic heterocycles. The number of ether oxygens (including phenoxy) is 3. The van der Waals surface area contributed by atoms with E-state index in [1.807, 2.05) is 0 Å². The molecule has 6 atom stereocenters. The standard InChI is InChI=1S/C28H32N2O10/c1-11-23(31)15(29)8-18(39-11)40-17-10-28(36,12(2)30-38-4)9-14-20(17)27(35)22-21(25(14)33)24(32)13-6-5-7-16(37-3)19(13)26(22)34/h5-7,11,15,17-18,23,31,33,35-36H,8-10,29H2,1-4H3/b30-12-.